The summed E-state index contributed by atoms with van der Waals surface area (Å²) < 4.78 is 20.4. The van der Waals surface area contributed by atoms with Crippen molar-refractivity contribution in [1.29, 1.82) is 0 Å². The van der Waals surface area contributed by atoms with Crippen LogP contribution in [0.15, 0.2) is 65.0 Å². The number of carbonyl (C=O) groups excluding carboxylic acids is 2. The van der Waals surface area contributed by atoms with E-state index in [0.717, 1.165) is 20.3 Å². The van der Waals surface area contributed by atoms with Gasteiger partial charge in [0.2, 0.25) is 5.91 Å². The van der Waals surface area contributed by atoms with Gasteiger partial charge in [-0.3, -0.25) is 4.79 Å². The van der Waals surface area contributed by atoms with Crippen molar-refractivity contribution in [3.05, 3.63) is 72.0 Å². The molecule has 0 unspecified atom stereocenters. The van der Waals surface area contributed by atoms with E-state index in [4.69, 9.17) is 4.74 Å². The molecular weight excluding hydrogens is 475 g/mol. The number of ether oxygens (including phenoxy) is 1. The number of hydrogen-bond donors (Lipinski definition) is 3. The van der Waals surface area contributed by atoms with Crippen LogP contribution in [-0.2, 0) is 4.79 Å². The third-order valence-corrected chi connectivity index (χ3v) is 6.92. The lowest BCUT2D eigenvalue weighted by Crippen LogP contribution is -2.19. The summed E-state index contributed by atoms with van der Waals surface area (Å²) in [5.74, 6) is 0.414. The van der Waals surface area contributed by atoms with Gasteiger partial charge in [0, 0.05) is 17.1 Å². The Morgan fingerprint density at radius 3 is 2.35 bits per heavy atom. The van der Waals surface area contributed by atoms with Crippen molar-refractivity contribution in [2.45, 2.75) is 11.3 Å². The summed E-state index contributed by atoms with van der Waals surface area (Å²) in [4.78, 5) is 29.1. The Hall–Kier alpha value is -3.63. The molecule has 3 N–H and O–H groups in total. The third kappa shape index (κ3) is 6.03. The number of methoxy groups -OCH3 is 1. The number of nitrogens with zero attached hydrogens (tertiary/aromatic N) is 1. The van der Waals surface area contributed by atoms with Crippen molar-refractivity contribution in [3.63, 3.8) is 0 Å². The molecule has 3 aromatic carbocycles. The minimum absolute atomic E-state index is 0.138. The monoisotopic (exact) mass is 496 g/mol. The van der Waals surface area contributed by atoms with Gasteiger partial charge in [-0.05, 0) is 67.1 Å². The van der Waals surface area contributed by atoms with Crippen LogP contribution in [0.1, 0.15) is 5.56 Å². The molecule has 0 aliphatic heterocycles. The zero-order valence-electron chi connectivity index (χ0n) is 18.3. The Kier molecular flexibility index (Phi) is 7.29. The molecule has 3 amide bonds. The molecule has 0 bridgehead atoms. The Balaban J connectivity index is 1.33. The van der Waals surface area contributed by atoms with Crippen LogP contribution in [0.25, 0.3) is 10.2 Å². The van der Waals surface area contributed by atoms with Crippen LogP contribution < -0.4 is 20.7 Å². The largest absolute Gasteiger partial charge is 0.497 e. The number of thioether (sulfide) groups is 1. The van der Waals surface area contributed by atoms with Crippen LogP contribution in [0.4, 0.5) is 26.2 Å². The van der Waals surface area contributed by atoms with E-state index in [-0.39, 0.29) is 17.5 Å². The van der Waals surface area contributed by atoms with Crippen LogP contribution in [0, 0.1) is 12.7 Å². The number of nitrogens with one attached hydrogen (secondary N) is 3. The molecule has 0 atom stereocenters. The fourth-order valence-corrected chi connectivity index (χ4v) is 4.91. The van der Waals surface area contributed by atoms with Gasteiger partial charge in [-0.1, -0.05) is 17.8 Å². The minimum Gasteiger partial charge on any atom is -0.497 e. The minimum atomic E-state index is -0.475. The number of carbonyl (C=O) groups is 2. The molecule has 0 aliphatic rings. The molecule has 10 heteroatoms. The van der Waals surface area contributed by atoms with Crippen molar-refractivity contribution >= 4 is 62.3 Å². The average Bonchev–Trinajstić information content (AvgIpc) is 3.23. The predicted molar refractivity (Wildman–Crippen MR) is 136 cm³/mol. The number of rotatable bonds is 7. The number of urea groups is 1. The van der Waals surface area contributed by atoms with Crippen LogP contribution >= 0.6 is 23.1 Å². The molecule has 0 saturated heterocycles. The highest BCUT2D eigenvalue weighted by atomic mass is 32.2. The molecule has 4 aromatic rings. The Morgan fingerprint density at radius 2 is 1.65 bits per heavy atom. The van der Waals surface area contributed by atoms with E-state index in [9.17, 15) is 14.0 Å². The summed E-state index contributed by atoms with van der Waals surface area (Å²) in [6.07, 6.45) is 0. The Morgan fingerprint density at radius 1 is 0.971 bits per heavy atom. The van der Waals surface area contributed by atoms with Crippen molar-refractivity contribution in [2.75, 3.05) is 28.8 Å². The van der Waals surface area contributed by atoms with Gasteiger partial charge >= 0.3 is 6.03 Å². The van der Waals surface area contributed by atoms with Gasteiger partial charge in [-0.2, -0.15) is 0 Å². The summed E-state index contributed by atoms with van der Waals surface area (Å²) in [6.45, 7) is 1.66. The maximum atomic E-state index is 13.7. The summed E-state index contributed by atoms with van der Waals surface area (Å²) in [5, 5.41) is 8.19. The zero-order chi connectivity index (χ0) is 24.1. The summed E-state index contributed by atoms with van der Waals surface area (Å²) in [5.41, 5.74) is 2.92. The van der Waals surface area contributed by atoms with Gasteiger partial charge in [0.05, 0.1) is 23.1 Å². The van der Waals surface area contributed by atoms with Crippen molar-refractivity contribution in [3.8, 4) is 5.75 Å². The molecular formula is C24H21FN4O3S2. The molecule has 174 valence electrons. The quantitative estimate of drug-likeness (QED) is 0.268. The lowest BCUT2D eigenvalue weighted by molar-refractivity contribution is -0.113. The highest BCUT2D eigenvalue weighted by molar-refractivity contribution is 8.01. The van der Waals surface area contributed by atoms with Crippen molar-refractivity contribution < 1.29 is 18.7 Å². The molecule has 0 spiro atoms. The topological polar surface area (TPSA) is 92.3 Å². The maximum Gasteiger partial charge on any atom is 0.323 e. The van der Waals surface area contributed by atoms with E-state index in [1.54, 1.807) is 62.6 Å². The van der Waals surface area contributed by atoms with E-state index < -0.39 is 6.03 Å². The average molecular weight is 497 g/mol. The van der Waals surface area contributed by atoms with Crippen molar-refractivity contribution in [2.24, 2.45) is 0 Å². The van der Waals surface area contributed by atoms with Gasteiger partial charge in [-0.15, -0.1) is 11.3 Å². The predicted octanol–water partition coefficient (Wildman–Crippen LogP) is 6.13. The number of fused-ring (bicyclic) bond motifs is 1. The smallest absolute Gasteiger partial charge is 0.323 e. The fourth-order valence-electron chi connectivity index (χ4n) is 3.01. The molecule has 0 aliphatic carbocycles. The summed E-state index contributed by atoms with van der Waals surface area (Å²) in [7, 11) is 1.59. The van der Waals surface area contributed by atoms with E-state index in [2.05, 4.69) is 20.9 Å². The number of aromatic nitrogens is 1. The summed E-state index contributed by atoms with van der Waals surface area (Å²) >= 11 is 2.77. The second-order valence-electron chi connectivity index (χ2n) is 7.27. The van der Waals surface area contributed by atoms with E-state index in [1.807, 2.05) is 6.07 Å². The second-order valence-corrected chi connectivity index (χ2v) is 9.52. The molecule has 0 saturated carbocycles. The Bertz CT molecular complexity index is 1340. The number of thiazole rings is 1. The van der Waals surface area contributed by atoms with Crippen LogP contribution in [0.5, 0.6) is 5.75 Å². The number of amides is 3. The molecule has 34 heavy (non-hydrogen) atoms. The van der Waals surface area contributed by atoms with E-state index >= 15 is 0 Å². The number of benzene rings is 3. The zero-order valence-corrected chi connectivity index (χ0v) is 20.0. The number of aryl methyl sites for hydroxylation is 1. The summed E-state index contributed by atoms with van der Waals surface area (Å²) in [6, 6.07) is 16.5. The first-order valence-electron chi connectivity index (χ1n) is 10.2. The fraction of sp³-hybridized carbons (Fsp3) is 0.125. The number of hydrogen-bond acceptors (Lipinski definition) is 6. The molecule has 1 aromatic heterocycles. The first kappa shape index (κ1) is 23.5. The van der Waals surface area contributed by atoms with Gasteiger partial charge in [0.15, 0.2) is 4.34 Å². The van der Waals surface area contributed by atoms with Crippen LogP contribution in [0.2, 0.25) is 0 Å². The molecule has 7 nitrogen and oxygen atoms in total. The second kappa shape index (κ2) is 10.5. The van der Waals surface area contributed by atoms with Gasteiger partial charge in [-0.25, -0.2) is 14.2 Å². The van der Waals surface area contributed by atoms with E-state index in [0.29, 0.717) is 22.6 Å². The number of anilines is 3. The van der Waals surface area contributed by atoms with Crippen molar-refractivity contribution in [1.82, 2.24) is 4.98 Å². The van der Waals surface area contributed by atoms with Crippen LogP contribution in [0.3, 0.4) is 0 Å². The van der Waals surface area contributed by atoms with Gasteiger partial charge < -0.3 is 20.7 Å². The first-order valence-corrected chi connectivity index (χ1v) is 12.0. The first-order chi connectivity index (χ1) is 16.4. The maximum absolute atomic E-state index is 13.7. The van der Waals surface area contributed by atoms with Gasteiger partial charge in [0.1, 0.15) is 11.6 Å². The third-order valence-electron chi connectivity index (χ3n) is 4.76. The highest BCUT2D eigenvalue weighted by Crippen LogP contribution is 2.31. The standard InChI is InChI=1S/C24H21FN4O3S2/c1-14-3-4-16(11-19(14)25)27-23(31)28-17-7-10-20-21(12-17)34-24(29-20)33-13-22(30)26-15-5-8-18(32-2)9-6-15/h3-12H,13H2,1-2H3,(H,26,30)(H2,27,28,31). The lowest BCUT2D eigenvalue weighted by atomic mass is 10.2. The highest BCUT2D eigenvalue weighted by Gasteiger charge is 2.11. The van der Waals surface area contributed by atoms with E-state index in [1.165, 1.54) is 29.2 Å². The SMILES string of the molecule is COc1ccc(NC(=O)CSc2nc3ccc(NC(=O)Nc4ccc(C)c(F)c4)cc3s2)cc1. The normalized spacial score (nSPS) is 10.7. The van der Waals surface area contributed by atoms with Crippen LogP contribution in [-0.4, -0.2) is 29.8 Å². The molecule has 4 rings (SSSR count). The molecule has 1 heterocycles. The molecule has 0 fully saturated rings. The lowest BCUT2D eigenvalue weighted by Gasteiger charge is -2.08. The Labute approximate surface area is 203 Å². The molecule has 0 radical (unpaired) electrons. The van der Waals surface area contributed by atoms with Gasteiger partial charge in [0.25, 0.3) is 0 Å². The number of halogens is 1.